The average molecular weight is 261 g/mol. The molecule has 18 heavy (non-hydrogen) atoms. The Morgan fingerprint density at radius 3 is 3.00 bits per heavy atom. The summed E-state index contributed by atoms with van der Waals surface area (Å²) < 4.78 is 0. The maximum atomic E-state index is 10.7. The van der Waals surface area contributed by atoms with E-state index in [0.29, 0.717) is 0 Å². The number of hydrogen-bond acceptors (Lipinski definition) is 5. The molecule has 92 valence electrons. The highest BCUT2D eigenvalue weighted by atomic mass is 32.1. The van der Waals surface area contributed by atoms with Crippen molar-refractivity contribution in [3.8, 4) is 0 Å². The molecule has 0 bridgehead atoms. The van der Waals surface area contributed by atoms with Crippen LogP contribution in [-0.4, -0.2) is 27.6 Å². The van der Waals surface area contributed by atoms with E-state index in [1.165, 1.54) is 22.8 Å². The lowest BCUT2D eigenvalue weighted by atomic mass is 10.1. The van der Waals surface area contributed by atoms with Gasteiger partial charge in [-0.3, -0.25) is 0 Å². The van der Waals surface area contributed by atoms with E-state index in [0.717, 1.165) is 25.3 Å². The van der Waals surface area contributed by atoms with E-state index < -0.39 is 5.97 Å². The van der Waals surface area contributed by atoms with Crippen LogP contribution < -0.4 is 4.90 Å². The van der Waals surface area contributed by atoms with E-state index in [1.807, 2.05) is 0 Å². The van der Waals surface area contributed by atoms with Crippen LogP contribution in [0.4, 0.5) is 5.82 Å². The van der Waals surface area contributed by atoms with Gasteiger partial charge in [0.15, 0.2) is 5.69 Å². The largest absolute Gasteiger partial charge is 0.476 e. The third kappa shape index (κ3) is 1.95. The topological polar surface area (TPSA) is 66.3 Å². The Bertz CT molecular complexity index is 579. The van der Waals surface area contributed by atoms with E-state index in [4.69, 9.17) is 5.11 Å². The lowest BCUT2D eigenvalue weighted by Gasteiger charge is -2.27. The Morgan fingerprint density at radius 2 is 2.28 bits per heavy atom. The number of anilines is 1. The van der Waals surface area contributed by atoms with Crippen LogP contribution in [0.15, 0.2) is 23.8 Å². The van der Waals surface area contributed by atoms with Crippen molar-refractivity contribution >= 4 is 23.1 Å². The summed E-state index contributed by atoms with van der Waals surface area (Å²) in [5, 5.41) is 10.9. The van der Waals surface area contributed by atoms with Crippen molar-refractivity contribution in [3.05, 3.63) is 40.0 Å². The predicted octanol–water partition coefficient (Wildman–Crippen LogP) is 1.80. The van der Waals surface area contributed by atoms with E-state index in [2.05, 4.69) is 26.3 Å². The number of fused-ring (bicyclic) bond motifs is 1. The standard InChI is InChI=1S/C12H11N3O2S/c16-12(17)9-5-14-11(6-13-9)15-3-1-10-8(7-15)2-4-18-10/h2,4-6H,1,3,7H2,(H,16,17). The number of carboxylic acids is 1. The molecule has 0 amide bonds. The molecule has 1 aliphatic rings. The molecule has 0 aliphatic carbocycles. The minimum absolute atomic E-state index is 0.0213. The Balaban J connectivity index is 1.82. The summed E-state index contributed by atoms with van der Waals surface area (Å²) in [4.78, 5) is 22.3. The minimum atomic E-state index is -1.05. The number of aromatic nitrogens is 2. The van der Waals surface area contributed by atoms with Crippen LogP contribution >= 0.6 is 11.3 Å². The molecule has 3 heterocycles. The Hall–Kier alpha value is -1.95. The summed E-state index contributed by atoms with van der Waals surface area (Å²) in [6.45, 7) is 1.72. The summed E-state index contributed by atoms with van der Waals surface area (Å²) >= 11 is 1.79. The first-order valence-electron chi connectivity index (χ1n) is 5.59. The lowest BCUT2D eigenvalue weighted by molar-refractivity contribution is 0.0690. The Labute approximate surface area is 108 Å². The second kappa shape index (κ2) is 4.38. The molecule has 0 spiro atoms. The van der Waals surface area contributed by atoms with E-state index in [-0.39, 0.29) is 5.69 Å². The van der Waals surface area contributed by atoms with Crippen LogP contribution in [0.25, 0.3) is 0 Å². The van der Waals surface area contributed by atoms with E-state index in [9.17, 15) is 4.79 Å². The van der Waals surface area contributed by atoms with Gasteiger partial charge in [0.2, 0.25) is 0 Å². The third-order valence-corrected chi connectivity index (χ3v) is 4.01. The van der Waals surface area contributed by atoms with Crippen molar-refractivity contribution in [2.75, 3.05) is 11.4 Å². The number of nitrogens with zero attached hydrogens (tertiary/aromatic N) is 3. The smallest absolute Gasteiger partial charge is 0.356 e. The molecule has 3 rings (SSSR count). The lowest BCUT2D eigenvalue weighted by Crippen LogP contribution is -2.30. The molecule has 0 saturated heterocycles. The van der Waals surface area contributed by atoms with Crippen LogP contribution in [0.2, 0.25) is 0 Å². The van der Waals surface area contributed by atoms with Gasteiger partial charge in [-0.15, -0.1) is 11.3 Å². The monoisotopic (exact) mass is 261 g/mol. The second-order valence-corrected chi connectivity index (χ2v) is 5.11. The van der Waals surface area contributed by atoms with Gasteiger partial charge in [-0.2, -0.15) is 0 Å². The van der Waals surface area contributed by atoms with Crippen molar-refractivity contribution in [1.82, 2.24) is 9.97 Å². The number of aromatic carboxylic acids is 1. The Morgan fingerprint density at radius 1 is 1.39 bits per heavy atom. The summed E-state index contributed by atoms with van der Waals surface area (Å²) in [5.41, 5.74) is 1.31. The van der Waals surface area contributed by atoms with Gasteiger partial charge in [0.1, 0.15) is 5.82 Å². The fraction of sp³-hybridized carbons (Fsp3) is 0.250. The molecule has 1 aliphatic heterocycles. The maximum Gasteiger partial charge on any atom is 0.356 e. The molecule has 6 heteroatoms. The molecule has 0 aromatic carbocycles. The van der Waals surface area contributed by atoms with Gasteiger partial charge in [-0.05, 0) is 23.4 Å². The molecular weight excluding hydrogens is 250 g/mol. The van der Waals surface area contributed by atoms with Crippen molar-refractivity contribution in [2.45, 2.75) is 13.0 Å². The van der Waals surface area contributed by atoms with Gasteiger partial charge in [0.25, 0.3) is 0 Å². The Kier molecular flexibility index (Phi) is 2.71. The minimum Gasteiger partial charge on any atom is -0.476 e. The van der Waals surface area contributed by atoms with Gasteiger partial charge < -0.3 is 10.0 Å². The third-order valence-electron chi connectivity index (χ3n) is 2.99. The molecule has 2 aromatic heterocycles. The van der Waals surface area contributed by atoms with Gasteiger partial charge >= 0.3 is 5.97 Å². The number of thiophene rings is 1. The van der Waals surface area contributed by atoms with E-state index >= 15 is 0 Å². The zero-order valence-electron chi connectivity index (χ0n) is 9.54. The quantitative estimate of drug-likeness (QED) is 0.893. The van der Waals surface area contributed by atoms with Crippen LogP contribution in [-0.2, 0) is 13.0 Å². The van der Waals surface area contributed by atoms with Gasteiger partial charge in [-0.1, -0.05) is 0 Å². The molecule has 0 fully saturated rings. The predicted molar refractivity (Wildman–Crippen MR) is 68.1 cm³/mol. The SMILES string of the molecule is O=C(O)c1cnc(N2CCc3sccc3C2)cn1. The maximum absolute atomic E-state index is 10.7. The van der Waals surface area contributed by atoms with Crippen LogP contribution in [0, 0.1) is 0 Å². The van der Waals surface area contributed by atoms with Crippen molar-refractivity contribution < 1.29 is 9.90 Å². The molecule has 5 nitrogen and oxygen atoms in total. The first-order chi connectivity index (χ1) is 8.74. The second-order valence-electron chi connectivity index (χ2n) is 4.11. The molecule has 0 radical (unpaired) electrons. The highest BCUT2D eigenvalue weighted by Crippen LogP contribution is 2.26. The summed E-state index contributed by atoms with van der Waals surface area (Å²) in [6.07, 6.45) is 3.84. The number of carbonyl (C=O) groups is 1. The molecular formula is C12H11N3O2S. The normalized spacial score (nSPS) is 14.3. The molecule has 0 saturated carbocycles. The molecule has 0 atom stereocenters. The van der Waals surface area contributed by atoms with Crippen LogP contribution in [0.1, 0.15) is 20.9 Å². The summed E-state index contributed by atoms with van der Waals surface area (Å²) in [5.74, 6) is -0.315. The fourth-order valence-electron chi connectivity index (χ4n) is 2.04. The molecule has 0 unspecified atom stereocenters. The number of carboxylic acid groups (broad SMARTS) is 1. The average Bonchev–Trinajstić information content (AvgIpc) is 2.86. The van der Waals surface area contributed by atoms with Gasteiger partial charge in [0.05, 0.1) is 12.4 Å². The highest BCUT2D eigenvalue weighted by molar-refractivity contribution is 7.10. The van der Waals surface area contributed by atoms with Crippen molar-refractivity contribution in [3.63, 3.8) is 0 Å². The first kappa shape index (κ1) is 11.2. The van der Waals surface area contributed by atoms with Crippen molar-refractivity contribution in [1.29, 1.82) is 0 Å². The van der Waals surface area contributed by atoms with Crippen LogP contribution in [0.5, 0.6) is 0 Å². The summed E-state index contributed by atoms with van der Waals surface area (Å²) in [7, 11) is 0. The van der Waals surface area contributed by atoms with E-state index in [1.54, 1.807) is 11.3 Å². The molecule has 1 N–H and O–H groups in total. The van der Waals surface area contributed by atoms with Crippen molar-refractivity contribution in [2.24, 2.45) is 0 Å². The number of rotatable bonds is 2. The van der Waals surface area contributed by atoms with Crippen LogP contribution in [0.3, 0.4) is 0 Å². The summed E-state index contributed by atoms with van der Waals surface area (Å²) in [6, 6.07) is 2.13. The zero-order chi connectivity index (χ0) is 12.5. The number of hydrogen-bond donors (Lipinski definition) is 1. The fourth-order valence-corrected chi connectivity index (χ4v) is 2.93. The first-order valence-corrected chi connectivity index (χ1v) is 6.47. The molecule has 2 aromatic rings. The zero-order valence-corrected chi connectivity index (χ0v) is 10.4. The van der Waals surface area contributed by atoms with Gasteiger partial charge in [-0.25, -0.2) is 14.8 Å². The van der Waals surface area contributed by atoms with Gasteiger partial charge in [0, 0.05) is 18.0 Å². The highest BCUT2D eigenvalue weighted by Gasteiger charge is 2.18.